The van der Waals surface area contributed by atoms with Gasteiger partial charge in [0, 0.05) is 0 Å². The zero-order valence-electron chi connectivity index (χ0n) is 34.0. The van der Waals surface area contributed by atoms with Crippen LogP contribution in [0.15, 0.2) is 121 Å². The Kier molecular flexibility index (Phi) is 13.0. The van der Waals surface area contributed by atoms with Gasteiger partial charge in [-0.15, -0.1) is 0 Å². The topological polar surface area (TPSA) is 119 Å². The lowest BCUT2D eigenvalue weighted by atomic mass is 9.91. The molecule has 0 bridgehead atoms. The number of fused-ring (bicyclic) bond motifs is 3. The van der Waals surface area contributed by atoms with Crippen LogP contribution in [0.25, 0.3) is 0 Å². The summed E-state index contributed by atoms with van der Waals surface area (Å²) in [6.45, 7) is 8.09. The van der Waals surface area contributed by atoms with Gasteiger partial charge in [-0.3, -0.25) is 4.79 Å². The zero-order chi connectivity index (χ0) is 40.9. The van der Waals surface area contributed by atoms with Crippen LogP contribution in [0.5, 0.6) is 0 Å². The van der Waals surface area contributed by atoms with Crippen LogP contribution in [0.2, 0.25) is 0 Å². The monoisotopic (exact) mass is 810 g/mol. The molecule has 59 heavy (non-hydrogen) atoms. The van der Waals surface area contributed by atoms with Crippen molar-refractivity contribution in [1.82, 2.24) is 0 Å². The molecule has 0 unspecified atom stereocenters. The summed E-state index contributed by atoms with van der Waals surface area (Å²) >= 11 is 0. The van der Waals surface area contributed by atoms with Gasteiger partial charge in [0.15, 0.2) is 24.2 Å². The summed E-state index contributed by atoms with van der Waals surface area (Å²) in [5.41, 5.74) is 3.74. The summed E-state index contributed by atoms with van der Waals surface area (Å²) < 4.78 is 72.0. The Bertz CT molecular complexity index is 1910. The van der Waals surface area contributed by atoms with Gasteiger partial charge in [-0.05, 0) is 49.9 Å². The number of carbonyl (C=O) groups excluding carboxylic acids is 1. The fraction of sp³-hybridized carbons (Fsp3) is 0.468. The first kappa shape index (κ1) is 41.8. The normalized spacial score (nSPS) is 32.0. The molecule has 4 saturated heterocycles. The van der Waals surface area contributed by atoms with E-state index in [1.165, 1.54) is 0 Å². The van der Waals surface area contributed by atoms with E-state index in [-0.39, 0.29) is 33.0 Å². The summed E-state index contributed by atoms with van der Waals surface area (Å²) in [5, 5.41) is 0. The molecule has 0 saturated carbocycles. The van der Waals surface area contributed by atoms with Gasteiger partial charge in [-0.25, -0.2) is 0 Å². The Morgan fingerprint density at radius 3 is 1.54 bits per heavy atom. The predicted molar refractivity (Wildman–Crippen MR) is 213 cm³/mol. The SMILES string of the molecule is CC1(C)O[C@H]2[C@@H](O1)[C@@H](CO[C@@]1(C=O)O[C@H](COCc3ccccc3)[C@H](OCc3ccccc3)[C@H](OCc3ccccc3)[C@H]1OCc1ccccc1)O[C@@H]1OC(C)(C)O[C@@H]12. The second kappa shape index (κ2) is 18.4. The largest absolute Gasteiger partial charge is 0.374 e. The van der Waals surface area contributed by atoms with Gasteiger partial charge in [0.1, 0.15) is 48.8 Å². The molecule has 0 aromatic heterocycles. The van der Waals surface area contributed by atoms with Crippen molar-refractivity contribution in [2.75, 3.05) is 13.2 Å². The van der Waals surface area contributed by atoms with E-state index < -0.39 is 72.5 Å². The van der Waals surface area contributed by atoms with Crippen LogP contribution in [-0.4, -0.2) is 92.0 Å². The van der Waals surface area contributed by atoms with Gasteiger partial charge in [0.25, 0.3) is 5.79 Å². The molecule has 314 valence electrons. The van der Waals surface area contributed by atoms with Crippen molar-refractivity contribution in [3.8, 4) is 0 Å². The number of rotatable bonds is 17. The molecule has 8 rings (SSSR count). The first-order valence-corrected chi connectivity index (χ1v) is 20.3. The van der Waals surface area contributed by atoms with E-state index in [0.717, 1.165) is 22.3 Å². The second-order valence-corrected chi connectivity index (χ2v) is 16.3. The van der Waals surface area contributed by atoms with E-state index in [2.05, 4.69) is 0 Å². The molecule has 10 atom stereocenters. The minimum atomic E-state index is -2.03. The number of carbonyl (C=O) groups is 1. The summed E-state index contributed by atoms with van der Waals surface area (Å²) in [4.78, 5) is 13.9. The molecule has 4 heterocycles. The summed E-state index contributed by atoms with van der Waals surface area (Å²) in [5.74, 6) is -3.88. The molecule has 4 aromatic carbocycles. The van der Waals surface area contributed by atoms with E-state index in [4.69, 9.17) is 52.1 Å². The van der Waals surface area contributed by atoms with Crippen molar-refractivity contribution in [2.45, 2.75) is 127 Å². The number of hydrogen-bond acceptors (Lipinski definition) is 12. The highest BCUT2D eigenvalue weighted by atomic mass is 16.9. The fourth-order valence-electron chi connectivity index (χ4n) is 8.15. The highest BCUT2D eigenvalue weighted by Gasteiger charge is 2.63. The third-order valence-electron chi connectivity index (χ3n) is 10.8. The van der Waals surface area contributed by atoms with Crippen molar-refractivity contribution < 1.29 is 56.9 Å². The average Bonchev–Trinajstić information content (AvgIpc) is 3.76. The number of ether oxygens (including phenoxy) is 11. The lowest BCUT2D eigenvalue weighted by Crippen LogP contribution is -2.69. The lowest BCUT2D eigenvalue weighted by Gasteiger charge is -2.50. The van der Waals surface area contributed by atoms with Gasteiger partial charge < -0.3 is 52.1 Å². The highest BCUT2D eigenvalue weighted by molar-refractivity contribution is 5.62. The van der Waals surface area contributed by atoms with Crippen molar-refractivity contribution in [1.29, 1.82) is 0 Å². The maximum Gasteiger partial charge on any atom is 0.256 e. The molecule has 12 heteroatoms. The zero-order valence-corrected chi connectivity index (χ0v) is 34.0. The summed E-state index contributed by atoms with van der Waals surface area (Å²) in [6.07, 6.45) is -6.20. The first-order valence-electron chi connectivity index (χ1n) is 20.3. The van der Waals surface area contributed by atoms with Crippen molar-refractivity contribution in [2.24, 2.45) is 0 Å². The quantitative estimate of drug-likeness (QED) is 0.106. The molecule has 0 amide bonds. The predicted octanol–water partition coefficient (Wildman–Crippen LogP) is 6.67. The minimum Gasteiger partial charge on any atom is -0.374 e. The molecule has 12 nitrogen and oxygen atoms in total. The van der Waals surface area contributed by atoms with Crippen LogP contribution in [0.3, 0.4) is 0 Å². The Hall–Kier alpha value is -3.89. The van der Waals surface area contributed by atoms with Crippen molar-refractivity contribution in [3.63, 3.8) is 0 Å². The molecule has 0 aliphatic carbocycles. The van der Waals surface area contributed by atoms with Crippen LogP contribution < -0.4 is 0 Å². The van der Waals surface area contributed by atoms with E-state index in [0.29, 0.717) is 12.9 Å². The molecule has 0 N–H and O–H groups in total. The Balaban J connectivity index is 1.14. The summed E-state index contributed by atoms with van der Waals surface area (Å²) in [7, 11) is 0. The lowest BCUT2D eigenvalue weighted by molar-refractivity contribution is -0.369. The maximum atomic E-state index is 13.9. The van der Waals surface area contributed by atoms with Gasteiger partial charge in [0.05, 0.1) is 39.6 Å². The third-order valence-corrected chi connectivity index (χ3v) is 10.8. The van der Waals surface area contributed by atoms with Crippen LogP contribution in [0, 0.1) is 0 Å². The fourth-order valence-corrected chi connectivity index (χ4v) is 8.15. The molecule has 4 fully saturated rings. The van der Waals surface area contributed by atoms with E-state index in [1.54, 1.807) is 0 Å². The standard InChI is InChI=1S/C47H54O12/c1-45(2)56-39-36(54-44-42(40(39)57-45)58-46(3,4)59-44)30-53-47(31-48)43(52-28-35-23-15-8-16-24-35)41(51-27-34-21-13-7-14-22-34)38(50-26-33-19-11-6-12-20-33)37(55-47)29-49-25-32-17-9-5-10-18-32/h5-24,31,36-44H,25-30H2,1-4H3/t36-,37-,38+,39+,40+,41+,42-,43-,44-,47+/m1/s1. The number of hydrogen-bond donors (Lipinski definition) is 0. The molecular weight excluding hydrogens is 757 g/mol. The Labute approximate surface area is 345 Å². The molecule has 4 aromatic rings. The Morgan fingerprint density at radius 1 is 0.508 bits per heavy atom. The van der Waals surface area contributed by atoms with Crippen LogP contribution in [-0.2, 0) is 83.3 Å². The van der Waals surface area contributed by atoms with Gasteiger partial charge in [0.2, 0.25) is 0 Å². The summed E-state index contributed by atoms with van der Waals surface area (Å²) in [6, 6.07) is 39.2. The van der Waals surface area contributed by atoms with E-state index >= 15 is 0 Å². The number of benzene rings is 4. The second-order valence-electron chi connectivity index (χ2n) is 16.3. The Morgan fingerprint density at radius 2 is 0.983 bits per heavy atom. The van der Waals surface area contributed by atoms with Crippen LogP contribution >= 0.6 is 0 Å². The molecule has 0 spiro atoms. The van der Waals surface area contributed by atoms with E-state index in [9.17, 15) is 4.79 Å². The highest BCUT2D eigenvalue weighted by Crippen LogP contribution is 2.45. The average molecular weight is 811 g/mol. The van der Waals surface area contributed by atoms with Crippen molar-refractivity contribution in [3.05, 3.63) is 144 Å². The van der Waals surface area contributed by atoms with Crippen molar-refractivity contribution >= 4 is 6.29 Å². The maximum absolute atomic E-state index is 13.9. The van der Waals surface area contributed by atoms with Gasteiger partial charge in [-0.2, -0.15) is 0 Å². The third kappa shape index (κ3) is 10.0. The molecular formula is C47H54O12. The minimum absolute atomic E-state index is 0.0453. The van der Waals surface area contributed by atoms with Crippen LogP contribution in [0.1, 0.15) is 49.9 Å². The molecule has 4 aliphatic rings. The van der Waals surface area contributed by atoms with E-state index in [1.807, 2.05) is 149 Å². The van der Waals surface area contributed by atoms with Gasteiger partial charge in [-0.1, -0.05) is 121 Å². The van der Waals surface area contributed by atoms with Gasteiger partial charge >= 0.3 is 0 Å². The number of aldehydes is 1. The first-order chi connectivity index (χ1) is 28.6. The molecule has 4 aliphatic heterocycles. The smallest absolute Gasteiger partial charge is 0.256 e. The van der Waals surface area contributed by atoms with Crippen LogP contribution in [0.4, 0.5) is 0 Å². The molecule has 0 radical (unpaired) electrons.